The van der Waals surface area contributed by atoms with Gasteiger partial charge in [-0.3, -0.25) is 4.79 Å². The Hall–Kier alpha value is -2.79. The van der Waals surface area contributed by atoms with E-state index in [-0.39, 0.29) is 12.5 Å². The number of para-hydroxylation sites is 1. The van der Waals surface area contributed by atoms with Crippen LogP contribution in [0.15, 0.2) is 77.3 Å². The molecule has 0 saturated heterocycles. The summed E-state index contributed by atoms with van der Waals surface area (Å²) in [5.41, 5.74) is 1.89. The van der Waals surface area contributed by atoms with Gasteiger partial charge in [0.15, 0.2) is 6.61 Å². The van der Waals surface area contributed by atoms with E-state index < -0.39 is 0 Å². The predicted molar refractivity (Wildman–Crippen MR) is 115 cm³/mol. The van der Waals surface area contributed by atoms with Crippen LogP contribution in [0, 0.1) is 0 Å². The van der Waals surface area contributed by atoms with E-state index in [1.807, 2.05) is 60.7 Å². The van der Waals surface area contributed by atoms with E-state index in [1.165, 1.54) is 5.56 Å². The number of carbonyl (C=O) groups is 1. The van der Waals surface area contributed by atoms with Gasteiger partial charge in [-0.1, -0.05) is 38.1 Å². The Balaban J connectivity index is 1.52. The number of halogens is 1. The van der Waals surface area contributed by atoms with Crippen molar-refractivity contribution in [2.24, 2.45) is 0 Å². The fourth-order valence-corrected chi connectivity index (χ4v) is 3.08. The molecular weight excluding hydrogens is 418 g/mol. The second kappa shape index (κ2) is 9.42. The molecule has 1 N–H and O–H groups in total. The molecule has 5 heteroatoms. The zero-order valence-electron chi connectivity index (χ0n) is 15.8. The monoisotopic (exact) mass is 439 g/mol. The zero-order chi connectivity index (χ0) is 19.9. The van der Waals surface area contributed by atoms with E-state index >= 15 is 0 Å². The van der Waals surface area contributed by atoms with Crippen LogP contribution < -0.4 is 14.8 Å². The highest BCUT2D eigenvalue weighted by Crippen LogP contribution is 2.29. The van der Waals surface area contributed by atoms with Crippen molar-refractivity contribution < 1.29 is 14.3 Å². The molecule has 0 heterocycles. The van der Waals surface area contributed by atoms with E-state index in [4.69, 9.17) is 9.47 Å². The Kier molecular flexibility index (Phi) is 6.71. The molecule has 4 nitrogen and oxygen atoms in total. The predicted octanol–water partition coefficient (Wildman–Crippen LogP) is 6.38. The minimum Gasteiger partial charge on any atom is -0.483 e. The normalized spacial score (nSPS) is 10.6. The van der Waals surface area contributed by atoms with Gasteiger partial charge in [-0.05, 0) is 75.9 Å². The van der Waals surface area contributed by atoms with Crippen molar-refractivity contribution in [1.29, 1.82) is 0 Å². The molecule has 0 aliphatic rings. The summed E-state index contributed by atoms with van der Waals surface area (Å²) in [6, 6.07) is 22.7. The van der Waals surface area contributed by atoms with Crippen molar-refractivity contribution in [2.75, 3.05) is 11.9 Å². The quantitative estimate of drug-likeness (QED) is 0.464. The second-order valence-corrected chi connectivity index (χ2v) is 7.48. The average Bonchev–Trinajstić information content (AvgIpc) is 2.69. The second-order valence-electron chi connectivity index (χ2n) is 6.62. The minimum atomic E-state index is -0.225. The van der Waals surface area contributed by atoms with Gasteiger partial charge < -0.3 is 14.8 Å². The van der Waals surface area contributed by atoms with E-state index in [0.29, 0.717) is 23.1 Å². The summed E-state index contributed by atoms with van der Waals surface area (Å²) in [7, 11) is 0. The molecular formula is C23H22BrNO3. The lowest BCUT2D eigenvalue weighted by molar-refractivity contribution is -0.118. The molecule has 0 unspecified atom stereocenters. The van der Waals surface area contributed by atoms with Crippen molar-refractivity contribution in [2.45, 2.75) is 19.8 Å². The van der Waals surface area contributed by atoms with E-state index in [2.05, 4.69) is 35.1 Å². The Morgan fingerprint density at radius 1 is 0.964 bits per heavy atom. The summed E-state index contributed by atoms with van der Waals surface area (Å²) >= 11 is 3.50. The average molecular weight is 440 g/mol. The van der Waals surface area contributed by atoms with Crippen LogP contribution in [-0.4, -0.2) is 12.5 Å². The number of nitrogens with one attached hydrogen (secondary N) is 1. The number of rotatable bonds is 7. The highest BCUT2D eigenvalue weighted by Gasteiger charge is 2.09. The van der Waals surface area contributed by atoms with Gasteiger partial charge in [-0.2, -0.15) is 0 Å². The first-order valence-electron chi connectivity index (χ1n) is 9.06. The SMILES string of the molecule is CC(C)c1ccc(OCC(=O)Nc2ccc(Oc3ccccc3)cc2)c(Br)c1. The summed E-state index contributed by atoms with van der Waals surface area (Å²) in [5, 5.41) is 2.82. The first-order valence-corrected chi connectivity index (χ1v) is 9.85. The Morgan fingerprint density at radius 3 is 2.29 bits per heavy atom. The third-order valence-corrected chi connectivity index (χ3v) is 4.72. The summed E-state index contributed by atoms with van der Waals surface area (Å²) in [6.45, 7) is 4.19. The maximum atomic E-state index is 12.2. The van der Waals surface area contributed by atoms with Crippen LogP contribution in [0.1, 0.15) is 25.3 Å². The van der Waals surface area contributed by atoms with Crippen LogP contribution in [0.5, 0.6) is 17.2 Å². The number of ether oxygens (including phenoxy) is 2. The Bertz CT molecular complexity index is 924. The molecule has 1 amide bonds. The van der Waals surface area contributed by atoms with E-state index in [1.54, 1.807) is 12.1 Å². The third-order valence-electron chi connectivity index (χ3n) is 4.10. The largest absolute Gasteiger partial charge is 0.483 e. The van der Waals surface area contributed by atoms with Gasteiger partial charge in [-0.25, -0.2) is 0 Å². The number of anilines is 1. The molecule has 3 aromatic carbocycles. The van der Waals surface area contributed by atoms with Crippen LogP contribution in [0.3, 0.4) is 0 Å². The van der Waals surface area contributed by atoms with Crippen molar-refractivity contribution in [3.63, 3.8) is 0 Å². The molecule has 0 aromatic heterocycles. The number of hydrogen-bond donors (Lipinski definition) is 1. The molecule has 0 atom stereocenters. The summed E-state index contributed by atoms with van der Waals surface area (Å²) in [6.07, 6.45) is 0. The van der Waals surface area contributed by atoms with Crippen molar-refractivity contribution >= 4 is 27.5 Å². The molecule has 0 spiro atoms. The zero-order valence-corrected chi connectivity index (χ0v) is 17.4. The van der Waals surface area contributed by atoms with Crippen LogP contribution in [0.25, 0.3) is 0 Å². The highest BCUT2D eigenvalue weighted by molar-refractivity contribution is 9.10. The minimum absolute atomic E-state index is 0.0676. The highest BCUT2D eigenvalue weighted by atomic mass is 79.9. The van der Waals surface area contributed by atoms with Crippen LogP contribution in [0.4, 0.5) is 5.69 Å². The van der Waals surface area contributed by atoms with Gasteiger partial charge >= 0.3 is 0 Å². The first kappa shape index (κ1) is 20.0. The van der Waals surface area contributed by atoms with Gasteiger partial charge in [0.25, 0.3) is 5.91 Å². The lowest BCUT2D eigenvalue weighted by atomic mass is 10.0. The van der Waals surface area contributed by atoms with Crippen molar-refractivity contribution in [3.05, 3.63) is 82.8 Å². The van der Waals surface area contributed by atoms with Crippen LogP contribution in [-0.2, 0) is 4.79 Å². The molecule has 0 saturated carbocycles. The molecule has 144 valence electrons. The van der Waals surface area contributed by atoms with Gasteiger partial charge in [-0.15, -0.1) is 0 Å². The summed E-state index contributed by atoms with van der Waals surface area (Å²) < 4.78 is 12.2. The lowest BCUT2D eigenvalue weighted by Gasteiger charge is -2.12. The van der Waals surface area contributed by atoms with Crippen molar-refractivity contribution in [1.82, 2.24) is 0 Å². The van der Waals surface area contributed by atoms with Crippen LogP contribution in [0.2, 0.25) is 0 Å². The topological polar surface area (TPSA) is 47.6 Å². The molecule has 28 heavy (non-hydrogen) atoms. The number of benzene rings is 3. The number of hydrogen-bond acceptors (Lipinski definition) is 3. The smallest absolute Gasteiger partial charge is 0.262 e. The standard InChI is InChI=1S/C23H22BrNO3/c1-16(2)17-8-13-22(21(24)14-17)27-15-23(26)25-18-9-11-20(12-10-18)28-19-6-4-3-5-7-19/h3-14,16H,15H2,1-2H3,(H,25,26). The molecule has 0 fully saturated rings. The Morgan fingerprint density at radius 2 is 1.64 bits per heavy atom. The Labute approximate surface area is 173 Å². The maximum Gasteiger partial charge on any atom is 0.262 e. The lowest BCUT2D eigenvalue weighted by Crippen LogP contribution is -2.20. The number of amides is 1. The molecule has 3 rings (SSSR count). The number of carbonyl (C=O) groups excluding carboxylic acids is 1. The fraction of sp³-hybridized carbons (Fsp3) is 0.174. The first-order chi connectivity index (χ1) is 13.5. The van der Waals surface area contributed by atoms with Gasteiger partial charge in [0, 0.05) is 5.69 Å². The van der Waals surface area contributed by atoms with Gasteiger partial charge in [0.05, 0.1) is 4.47 Å². The van der Waals surface area contributed by atoms with Gasteiger partial charge in [0.2, 0.25) is 0 Å². The molecule has 0 radical (unpaired) electrons. The van der Waals surface area contributed by atoms with E-state index in [9.17, 15) is 4.79 Å². The van der Waals surface area contributed by atoms with Gasteiger partial charge in [0.1, 0.15) is 17.2 Å². The molecule has 3 aromatic rings. The summed E-state index contributed by atoms with van der Waals surface area (Å²) in [5.74, 6) is 2.32. The van der Waals surface area contributed by atoms with Crippen LogP contribution >= 0.6 is 15.9 Å². The van der Waals surface area contributed by atoms with Crippen molar-refractivity contribution in [3.8, 4) is 17.2 Å². The molecule has 0 bridgehead atoms. The third kappa shape index (κ3) is 5.60. The summed E-state index contributed by atoms with van der Waals surface area (Å²) in [4.78, 5) is 12.2. The maximum absolute atomic E-state index is 12.2. The molecule has 0 aliphatic carbocycles. The molecule has 0 aliphatic heterocycles. The van der Waals surface area contributed by atoms with E-state index in [0.717, 1.165) is 10.2 Å². The fourth-order valence-electron chi connectivity index (χ4n) is 2.56.